The molecule has 0 unspecified atom stereocenters. The molecule has 1 aromatic rings. The number of hydrogen-bond acceptors (Lipinski definition) is 1. The summed E-state index contributed by atoms with van der Waals surface area (Å²) in [5, 5.41) is 3.50. The number of aryl methyl sites for hydroxylation is 1. The Balaban J connectivity index is 2.01. The molecule has 0 saturated heterocycles. The topological polar surface area (TPSA) is 17.0 Å². The SMILES string of the molecule is CCCCCCCCCCn1ccc(CNCC(C)C)c1. The van der Waals surface area contributed by atoms with Crippen LogP contribution in [0.5, 0.6) is 0 Å². The highest BCUT2D eigenvalue weighted by Gasteiger charge is 1.98. The van der Waals surface area contributed by atoms with E-state index in [1.54, 1.807) is 0 Å². The summed E-state index contributed by atoms with van der Waals surface area (Å²) in [4.78, 5) is 0. The molecule has 0 aromatic carbocycles. The molecule has 0 amide bonds. The van der Waals surface area contributed by atoms with Crippen LogP contribution in [0.4, 0.5) is 0 Å². The van der Waals surface area contributed by atoms with Crippen LogP contribution in [0.25, 0.3) is 0 Å². The second-order valence-electron chi connectivity index (χ2n) is 6.76. The van der Waals surface area contributed by atoms with Crippen LogP contribution in [0.1, 0.15) is 77.7 Å². The van der Waals surface area contributed by atoms with E-state index in [2.05, 4.69) is 49.1 Å². The number of nitrogens with one attached hydrogen (secondary N) is 1. The van der Waals surface area contributed by atoms with Crippen molar-refractivity contribution < 1.29 is 0 Å². The first-order valence-corrected chi connectivity index (χ1v) is 9.07. The molecule has 0 aliphatic carbocycles. The standard InChI is InChI=1S/C19H36N2/c1-4-5-6-7-8-9-10-11-13-21-14-12-19(17-21)16-20-15-18(2)3/h12,14,17-18,20H,4-11,13,15-16H2,1-3H3. The van der Waals surface area contributed by atoms with Gasteiger partial charge in [0.05, 0.1) is 0 Å². The fraction of sp³-hybridized carbons (Fsp3) is 0.789. The van der Waals surface area contributed by atoms with Gasteiger partial charge in [-0.05, 0) is 30.5 Å². The third kappa shape index (κ3) is 9.73. The summed E-state index contributed by atoms with van der Waals surface area (Å²) >= 11 is 0. The first kappa shape index (κ1) is 18.3. The minimum absolute atomic E-state index is 0.726. The van der Waals surface area contributed by atoms with E-state index in [4.69, 9.17) is 0 Å². The van der Waals surface area contributed by atoms with Crippen LogP contribution in [0, 0.1) is 5.92 Å². The Morgan fingerprint density at radius 3 is 2.33 bits per heavy atom. The van der Waals surface area contributed by atoms with Gasteiger partial charge in [0, 0.05) is 25.5 Å². The van der Waals surface area contributed by atoms with Gasteiger partial charge in [0.25, 0.3) is 0 Å². The van der Waals surface area contributed by atoms with Crippen LogP contribution in [-0.2, 0) is 13.1 Å². The van der Waals surface area contributed by atoms with Gasteiger partial charge in [-0.25, -0.2) is 0 Å². The van der Waals surface area contributed by atoms with Gasteiger partial charge >= 0.3 is 0 Å². The van der Waals surface area contributed by atoms with Crippen LogP contribution in [0.2, 0.25) is 0 Å². The Morgan fingerprint density at radius 1 is 1.00 bits per heavy atom. The summed E-state index contributed by atoms with van der Waals surface area (Å²) in [7, 11) is 0. The first-order valence-electron chi connectivity index (χ1n) is 9.07. The summed E-state index contributed by atoms with van der Waals surface area (Å²) in [5.74, 6) is 0.726. The van der Waals surface area contributed by atoms with Crippen LogP contribution in [0.15, 0.2) is 18.5 Å². The molecular formula is C19H36N2. The second kappa shape index (κ2) is 11.9. The van der Waals surface area contributed by atoms with Gasteiger partial charge in [0.15, 0.2) is 0 Å². The highest BCUT2D eigenvalue weighted by molar-refractivity contribution is 5.09. The fourth-order valence-electron chi connectivity index (χ4n) is 2.67. The summed E-state index contributed by atoms with van der Waals surface area (Å²) in [5.41, 5.74) is 1.41. The molecule has 1 heterocycles. The van der Waals surface area contributed by atoms with E-state index in [0.717, 1.165) is 19.0 Å². The molecule has 0 radical (unpaired) electrons. The largest absolute Gasteiger partial charge is 0.354 e. The zero-order valence-corrected chi connectivity index (χ0v) is 14.5. The molecule has 122 valence electrons. The first-order chi connectivity index (χ1) is 10.2. The third-order valence-electron chi connectivity index (χ3n) is 3.96. The van der Waals surface area contributed by atoms with Crippen LogP contribution < -0.4 is 5.32 Å². The molecule has 1 N–H and O–H groups in total. The van der Waals surface area contributed by atoms with Crippen molar-refractivity contribution in [3.05, 3.63) is 24.0 Å². The van der Waals surface area contributed by atoms with E-state index in [-0.39, 0.29) is 0 Å². The van der Waals surface area contributed by atoms with E-state index >= 15 is 0 Å². The zero-order valence-electron chi connectivity index (χ0n) is 14.5. The summed E-state index contributed by atoms with van der Waals surface area (Å²) in [6.45, 7) is 10.1. The van der Waals surface area contributed by atoms with Crippen molar-refractivity contribution in [1.29, 1.82) is 0 Å². The van der Waals surface area contributed by atoms with Gasteiger partial charge in [-0.3, -0.25) is 0 Å². The zero-order chi connectivity index (χ0) is 15.3. The van der Waals surface area contributed by atoms with Crippen LogP contribution >= 0.6 is 0 Å². The minimum Gasteiger partial charge on any atom is -0.354 e. The molecule has 0 spiro atoms. The van der Waals surface area contributed by atoms with E-state index in [1.165, 1.54) is 63.5 Å². The maximum absolute atomic E-state index is 3.50. The molecule has 0 aliphatic heterocycles. The molecule has 0 saturated carbocycles. The highest BCUT2D eigenvalue weighted by atomic mass is 14.9. The normalized spacial score (nSPS) is 11.4. The molecule has 0 aliphatic rings. The Bertz CT molecular complexity index is 341. The highest BCUT2D eigenvalue weighted by Crippen LogP contribution is 2.10. The third-order valence-corrected chi connectivity index (χ3v) is 3.96. The number of nitrogens with zero attached hydrogens (tertiary/aromatic N) is 1. The average Bonchev–Trinajstić information content (AvgIpc) is 2.89. The maximum atomic E-state index is 3.50. The van der Waals surface area contributed by atoms with Crippen molar-refractivity contribution in [2.75, 3.05) is 6.54 Å². The van der Waals surface area contributed by atoms with Gasteiger partial charge in [-0.15, -0.1) is 0 Å². The molecule has 0 bridgehead atoms. The fourth-order valence-corrected chi connectivity index (χ4v) is 2.67. The predicted octanol–water partition coefficient (Wildman–Crippen LogP) is 5.37. The second-order valence-corrected chi connectivity index (χ2v) is 6.76. The molecule has 0 fully saturated rings. The van der Waals surface area contributed by atoms with Crippen molar-refractivity contribution >= 4 is 0 Å². The lowest BCUT2D eigenvalue weighted by atomic mass is 10.1. The Labute approximate surface area is 132 Å². The predicted molar refractivity (Wildman–Crippen MR) is 93.6 cm³/mol. The van der Waals surface area contributed by atoms with Gasteiger partial charge < -0.3 is 9.88 Å². The number of rotatable bonds is 13. The summed E-state index contributed by atoms with van der Waals surface area (Å²) in [6.07, 6.45) is 15.7. The van der Waals surface area contributed by atoms with Gasteiger partial charge in [0.1, 0.15) is 0 Å². The number of unbranched alkanes of at least 4 members (excludes halogenated alkanes) is 7. The van der Waals surface area contributed by atoms with Crippen molar-refractivity contribution in [2.45, 2.75) is 85.2 Å². The number of aromatic nitrogens is 1. The van der Waals surface area contributed by atoms with E-state index in [1.807, 2.05) is 0 Å². The average molecular weight is 293 g/mol. The lowest BCUT2D eigenvalue weighted by Crippen LogP contribution is -2.18. The Hall–Kier alpha value is -0.760. The lowest BCUT2D eigenvalue weighted by molar-refractivity contribution is 0.541. The molecule has 2 nitrogen and oxygen atoms in total. The molecule has 1 rings (SSSR count). The molecule has 2 heteroatoms. The smallest absolute Gasteiger partial charge is 0.0220 e. The molecule has 1 aromatic heterocycles. The van der Waals surface area contributed by atoms with Crippen molar-refractivity contribution in [3.63, 3.8) is 0 Å². The van der Waals surface area contributed by atoms with Crippen LogP contribution in [-0.4, -0.2) is 11.1 Å². The quantitative estimate of drug-likeness (QED) is 0.483. The number of hydrogen-bond donors (Lipinski definition) is 1. The Morgan fingerprint density at radius 2 is 1.67 bits per heavy atom. The summed E-state index contributed by atoms with van der Waals surface area (Å²) < 4.78 is 2.35. The van der Waals surface area contributed by atoms with E-state index in [0.29, 0.717) is 0 Å². The van der Waals surface area contributed by atoms with E-state index in [9.17, 15) is 0 Å². The minimum atomic E-state index is 0.726. The van der Waals surface area contributed by atoms with Crippen molar-refractivity contribution in [1.82, 2.24) is 9.88 Å². The van der Waals surface area contributed by atoms with Crippen LogP contribution in [0.3, 0.4) is 0 Å². The summed E-state index contributed by atoms with van der Waals surface area (Å²) in [6, 6.07) is 2.25. The monoisotopic (exact) mass is 292 g/mol. The maximum Gasteiger partial charge on any atom is 0.0220 e. The van der Waals surface area contributed by atoms with Gasteiger partial charge in [0.2, 0.25) is 0 Å². The van der Waals surface area contributed by atoms with Crippen molar-refractivity contribution in [2.24, 2.45) is 5.92 Å². The molecule has 0 atom stereocenters. The molecular weight excluding hydrogens is 256 g/mol. The molecule has 21 heavy (non-hydrogen) atoms. The van der Waals surface area contributed by atoms with E-state index < -0.39 is 0 Å². The van der Waals surface area contributed by atoms with Gasteiger partial charge in [-0.1, -0.05) is 65.7 Å². The van der Waals surface area contributed by atoms with Gasteiger partial charge in [-0.2, -0.15) is 0 Å². The van der Waals surface area contributed by atoms with Crippen molar-refractivity contribution in [3.8, 4) is 0 Å². The lowest BCUT2D eigenvalue weighted by Gasteiger charge is -2.06. The Kier molecular flexibility index (Phi) is 10.3.